The van der Waals surface area contributed by atoms with E-state index in [-0.39, 0.29) is 11.2 Å². The molecule has 0 bridgehead atoms. The summed E-state index contributed by atoms with van der Waals surface area (Å²) in [4.78, 5) is 24.9. The molecule has 0 saturated heterocycles. The van der Waals surface area contributed by atoms with Crippen molar-refractivity contribution in [2.45, 2.75) is 0 Å². The maximum atomic E-state index is 12.5. The molecule has 0 radical (unpaired) electrons. The molecule has 1 aliphatic rings. The largest absolute Gasteiger partial charge is 0.338 e. The molecule has 0 spiro atoms. The number of aromatic nitrogens is 2. The van der Waals surface area contributed by atoms with Gasteiger partial charge in [0, 0.05) is 16.7 Å². The van der Waals surface area contributed by atoms with Crippen LogP contribution in [0.5, 0.6) is 0 Å². The quantitative estimate of drug-likeness (QED) is 0.564. The lowest BCUT2D eigenvalue weighted by molar-refractivity contribution is 0.727. The molecule has 0 N–H and O–H groups in total. The predicted molar refractivity (Wildman–Crippen MR) is 86.7 cm³/mol. The summed E-state index contributed by atoms with van der Waals surface area (Å²) < 4.78 is 3.71. The minimum atomic E-state index is -0.352. The summed E-state index contributed by atoms with van der Waals surface area (Å²) in [5, 5.41) is 0. The van der Waals surface area contributed by atoms with Crippen molar-refractivity contribution >= 4 is 34.7 Å². The summed E-state index contributed by atoms with van der Waals surface area (Å²) in [5.41, 5.74) is 0.992. The van der Waals surface area contributed by atoms with Gasteiger partial charge in [0.25, 0.3) is 0 Å². The minimum absolute atomic E-state index is 0.318. The van der Waals surface area contributed by atoms with Gasteiger partial charge in [0.15, 0.2) is 11.3 Å². The molecular weight excluding hydrogens is 367 g/mol. The Morgan fingerprint density at radius 3 is 2.55 bits per heavy atom. The molecule has 0 fully saturated rings. The molecule has 1 heterocycles. The zero-order valence-electron chi connectivity index (χ0n) is 10.6. The lowest BCUT2D eigenvalue weighted by Crippen LogP contribution is -2.40. The highest BCUT2D eigenvalue weighted by Gasteiger charge is 2.22. The van der Waals surface area contributed by atoms with Crippen LogP contribution < -0.4 is 11.2 Å². The number of nitrogens with zero attached hydrogens (tertiary/aromatic N) is 2. The Kier molecular flexibility index (Phi) is 3.16. The lowest BCUT2D eigenvalue weighted by Gasteiger charge is -2.09. The average molecular weight is 377 g/mol. The first-order valence-corrected chi connectivity index (χ1v) is 7.05. The van der Waals surface area contributed by atoms with Crippen LogP contribution in [0.15, 0.2) is 39.9 Å². The molecule has 4 nitrogen and oxygen atoms in total. The van der Waals surface area contributed by atoms with E-state index in [9.17, 15) is 9.59 Å². The molecule has 0 amide bonds. The molecule has 0 unspecified atom stereocenters. The van der Waals surface area contributed by atoms with Gasteiger partial charge in [0.2, 0.25) is 0 Å². The van der Waals surface area contributed by atoms with Gasteiger partial charge < -0.3 is 0 Å². The van der Waals surface area contributed by atoms with Crippen molar-refractivity contribution < 1.29 is 0 Å². The van der Waals surface area contributed by atoms with E-state index >= 15 is 0 Å². The predicted octanol–water partition coefficient (Wildman–Crippen LogP) is 1.98. The highest BCUT2D eigenvalue weighted by molar-refractivity contribution is 14.1. The molecule has 1 aromatic heterocycles. The summed E-state index contributed by atoms with van der Waals surface area (Å²) >= 11 is 2.18. The van der Waals surface area contributed by atoms with Crippen LogP contribution in [0.2, 0.25) is 0 Å². The fourth-order valence-electron chi connectivity index (χ4n) is 2.16. The Hall–Kier alpha value is -1.98. The molecule has 3 rings (SSSR count). The molecule has 2 aromatic rings. The maximum Gasteiger partial charge on any atom is 0.338 e. The zero-order chi connectivity index (χ0) is 14.3. The SMILES string of the molecule is Cn1c2c(c(=O)n(-c3ccc(I)cc3)c1=O)C=[C+]C=C2. The number of hydrogen-bond donors (Lipinski definition) is 0. The van der Waals surface area contributed by atoms with Gasteiger partial charge in [0.05, 0.1) is 11.8 Å². The second-order valence-electron chi connectivity index (χ2n) is 4.40. The first-order chi connectivity index (χ1) is 9.59. The molecule has 1 aliphatic carbocycles. The van der Waals surface area contributed by atoms with E-state index in [4.69, 9.17) is 0 Å². The summed E-state index contributed by atoms with van der Waals surface area (Å²) in [5.74, 6) is 0. The number of fused-ring (bicyclic) bond motifs is 1. The molecular formula is C15H10IN2O2+. The normalized spacial score (nSPS) is 12.1. The maximum absolute atomic E-state index is 12.5. The van der Waals surface area contributed by atoms with Crippen LogP contribution in [0, 0.1) is 9.65 Å². The third-order valence-electron chi connectivity index (χ3n) is 3.20. The molecule has 0 aliphatic heterocycles. The van der Waals surface area contributed by atoms with E-state index in [1.807, 2.05) is 12.1 Å². The molecule has 5 heteroatoms. The van der Waals surface area contributed by atoms with Gasteiger partial charge >= 0.3 is 11.2 Å². The monoisotopic (exact) mass is 377 g/mol. The van der Waals surface area contributed by atoms with Crippen LogP contribution in [0.3, 0.4) is 0 Å². The average Bonchev–Trinajstić information content (AvgIpc) is 2.47. The van der Waals surface area contributed by atoms with Gasteiger partial charge in [-0.3, -0.25) is 9.36 Å². The van der Waals surface area contributed by atoms with Crippen molar-refractivity contribution in [2.24, 2.45) is 7.05 Å². The molecule has 20 heavy (non-hydrogen) atoms. The fourth-order valence-corrected chi connectivity index (χ4v) is 2.52. The summed E-state index contributed by atoms with van der Waals surface area (Å²) in [6.07, 6.45) is 7.90. The number of benzene rings is 1. The molecule has 0 saturated carbocycles. The van der Waals surface area contributed by atoms with Gasteiger partial charge in [0.1, 0.15) is 12.2 Å². The van der Waals surface area contributed by atoms with Crippen LogP contribution in [-0.2, 0) is 7.05 Å². The first-order valence-electron chi connectivity index (χ1n) is 5.97. The van der Waals surface area contributed by atoms with E-state index in [1.54, 1.807) is 37.4 Å². The molecule has 98 valence electrons. The Morgan fingerprint density at radius 1 is 1.15 bits per heavy atom. The third kappa shape index (κ3) is 1.95. The number of allylic oxidation sites excluding steroid dienone is 2. The highest BCUT2D eigenvalue weighted by atomic mass is 127. The van der Waals surface area contributed by atoms with Crippen molar-refractivity contribution in [1.82, 2.24) is 9.13 Å². The Bertz CT molecular complexity index is 855. The third-order valence-corrected chi connectivity index (χ3v) is 3.92. The van der Waals surface area contributed by atoms with E-state index in [0.717, 1.165) is 3.57 Å². The van der Waals surface area contributed by atoms with Crippen LogP contribution in [0.1, 0.15) is 11.3 Å². The highest BCUT2D eigenvalue weighted by Crippen LogP contribution is 2.13. The second-order valence-corrected chi connectivity index (χ2v) is 5.65. The van der Waals surface area contributed by atoms with E-state index in [1.165, 1.54) is 9.13 Å². The number of halogens is 1. The van der Waals surface area contributed by atoms with Gasteiger partial charge in [-0.15, -0.1) is 0 Å². The summed E-state index contributed by atoms with van der Waals surface area (Å²) in [6.45, 7) is 0. The Labute approximate surface area is 128 Å². The van der Waals surface area contributed by atoms with Gasteiger partial charge in [-0.1, -0.05) is 0 Å². The Balaban J connectivity index is 2.38. The van der Waals surface area contributed by atoms with Crippen molar-refractivity contribution in [3.8, 4) is 5.69 Å². The standard InChI is InChI=1S/C15H10IN2O2/c1-17-13-5-3-2-4-12(13)14(19)18(15(17)20)11-8-6-10(16)7-9-11/h3-9H,1H3/q+1. The first kappa shape index (κ1) is 13.0. The summed E-state index contributed by atoms with van der Waals surface area (Å²) in [6, 6.07) is 7.26. The van der Waals surface area contributed by atoms with Crippen LogP contribution in [-0.4, -0.2) is 9.13 Å². The van der Waals surface area contributed by atoms with Crippen molar-refractivity contribution in [3.05, 3.63) is 72.1 Å². The molecule has 1 aromatic carbocycles. The van der Waals surface area contributed by atoms with Gasteiger partial charge in [-0.05, 0) is 46.9 Å². The smallest absolute Gasteiger partial charge is 0.273 e. The van der Waals surface area contributed by atoms with Gasteiger partial charge in [-0.2, -0.15) is 0 Å². The van der Waals surface area contributed by atoms with E-state index < -0.39 is 0 Å². The van der Waals surface area contributed by atoms with Crippen molar-refractivity contribution in [3.63, 3.8) is 0 Å². The summed E-state index contributed by atoms with van der Waals surface area (Å²) in [7, 11) is 1.66. The molecule has 0 atom stereocenters. The van der Waals surface area contributed by atoms with Crippen LogP contribution in [0.4, 0.5) is 0 Å². The minimum Gasteiger partial charge on any atom is -0.273 e. The van der Waals surface area contributed by atoms with Crippen molar-refractivity contribution in [1.29, 1.82) is 0 Å². The van der Waals surface area contributed by atoms with Crippen LogP contribution >= 0.6 is 22.6 Å². The van der Waals surface area contributed by atoms with Gasteiger partial charge in [-0.25, -0.2) is 9.36 Å². The van der Waals surface area contributed by atoms with E-state index in [2.05, 4.69) is 28.7 Å². The van der Waals surface area contributed by atoms with Crippen molar-refractivity contribution in [2.75, 3.05) is 0 Å². The number of rotatable bonds is 1. The second kappa shape index (κ2) is 4.85. The van der Waals surface area contributed by atoms with Crippen LogP contribution in [0.25, 0.3) is 17.8 Å². The van der Waals surface area contributed by atoms with E-state index in [0.29, 0.717) is 16.9 Å². The zero-order valence-corrected chi connectivity index (χ0v) is 12.8. The lowest BCUT2D eigenvalue weighted by atomic mass is 10.1. The number of hydrogen-bond acceptors (Lipinski definition) is 2. The Morgan fingerprint density at radius 2 is 1.85 bits per heavy atom. The topological polar surface area (TPSA) is 44.0 Å². The fraction of sp³-hybridized carbons (Fsp3) is 0.0667.